The Labute approximate surface area is 123 Å². The van der Waals surface area contributed by atoms with Crippen LogP contribution < -0.4 is 10.6 Å². The molecular formula is C14H19ClN2O3. The number of carboxylic acids is 1. The number of hydrogen-bond acceptors (Lipinski definition) is 3. The molecule has 0 aliphatic rings. The lowest BCUT2D eigenvalue weighted by Crippen LogP contribution is -2.41. The second-order valence-electron chi connectivity index (χ2n) is 4.96. The fourth-order valence-corrected chi connectivity index (χ4v) is 1.78. The molecule has 0 bridgehead atoms. The molecule has 5 nitrogen and oxygen atoms in total. The number of carboxylic acid groups (broad SMARTS) is 1. The van der Waals surface area contributed by atoms with Gasteiger partial charge in [0.2, 0.25) is 5.91 Å². The fraction of sp³-hybridized carbons (Fsp3) is 0.429. The maximum absolute atomic E-state index is 11.8. The minimum absolute atomic E-state index is 0.130. The van der Waals surface area contributed by atoms with Crippen LogP contribution >= 0.6 is 11.6 Å². The Hall–Kier alpha value is -1.59. The van der Waals surface area contributed by atoms with Crippen LogP contribution in [0, 0.1) is 5.92 Å². The Balaban J connectivity index is 2.55. The highest BCUT2D eigenvalue weighted by Gasteiger charge is 2.20. The number of amides is 1. The van der Waals surface area contributed by atoms with Gasteiger partial charge in [0.1, 0.15) is 6.04 Å². The van der Waals surface area contributed by atoms with Crippen LogP contribution in [0.25, 0.3) is 0 Å². The van der Waals surface area contributed by atoms with E-state index in [1.807, 2.05) is 13.8 Å². The van der Waals surface area contributed by atoms with Gasteiger partial charge in [-0.3, -0.25) is 9.59 Å². The van der Waals surface area contributed by atoms with Crippen LogP contribution in [0.1, 0.15) is 20.3 Å². The van der Waals surface area contributed by atoms with Crippen molar-refractivity contribution in [3.8, 4) is 0 Å². The van der Waals surface area contributed by atoms with E-state index in [4.69, 9.17) is 16.7 Å². The second-order valence-corrected chi connectivity index (χ2v) is 5.39. The molecule has 0 radical (unpaired) electrons. The van der Waals surface area contributed by atoms with Gasteiger partial charge in [-0.25, -0.2) is 0 Å². The highest BCUT2D eigenvalue weighted by atomic mass is 35.5. The van der Waals surface area contributed by atoms with Crippen LogP contribution in [0.5, 0.6) is 0 Å². The first-order valence-electron chi connectivity index (χ1n) is 6.40. The third-order valence-corrected chi connectivity index (χ3v) is 2.80. The second kappa shape index (κ2) is 7.87. The lowest BCUT2D eigenvalue weighted by molar-refractivity contribution is -0.141. The molecule has 1 atom stereocenters. The molecule has 1 aromatic carbocycles. The van der Waals surface area contributed by atoms with E-state index in [2.05, 4.69) is 10.6 Å². The Morgan fingerprint density at radius 1 is 1.35 bits per heavy atom. The molecule has 0 aromatic heterocycles. The molecule has 0 aliphatic heterocycles. The molecule has 3 N–H and O–H groups in total. The summed E-state index contributed by atoms with van der Waals surface area (Å²) in [6.07, 6.45) is -0.130. The van der Waals surface area contributed by atoms with E-state index in [1.165, 1.54) is 0 Å². The highest BCUT2D eigenvalue weighted by molar-refractivity contribution is 6.30. The first kappa shape index (κ1) is 16.5. The Kier molecular flexibility index (Phi) is 6.48. The molecule has 0 aliphatic carbocycles. The largest absolute Gasteiger partial charge is 0.480 e. The van der Waals surface area contributed by atoms with Gasteiger partial charge < -0.3 is 15.7 Å². The predicted octanol–water partition coefficient (Wildman–Crippen LogP) is 2.37. The number of anilines is 1. The number of carbonyl (C=O) groups is 2. The van der Waals surface area contributed by atoms with E-state index in [-0.39, 0.29) is 12.3 Å². The van der Waals surface area contributed by atoms with Crippen molar-refractivity contribution in [3.05, 3.63) is 29.3 Å². The van der Waals surface area contributed by atoms with Gasteiger partial charge in [0.25, 0.3) is 0 Å². The summed E-state index contributed by atoms with van der Waals surface area (Å²) in [6.45, 7) is 4.48. The molecule has 20 heavy (non-hydrogen) atoms. The van der Waals surface area contributed by atoms with E-state index >= 15 is 0 Å². The molecule has 0 heterocycles. The average molecular weight is 299 g/mol. The molecule has 1 unspecified atom stereocenters. The molecule has 0 spiro atoms. The van der Waals surface area contributed by atoms with Crippen molar-refractivity contribution in [2.45, 2.75) is 26.3 Å². The van der Waals surface area contributed by atoms with Gasteiger partial charge in [-0.2, -0.15) is 0 Å². The van der Waals surface area contributed by atoms with E-state index < -0.39 is 12.0 Å². The number of benzene rings is 1. The van der Waals surface area contributed by atoms with Crippen molar-refractivity contribution in [2.75, 3.05) is 11.9 Å². The lowest BCUT2D eigenvalue weighted by atomic mass is 10.1. The molecule has 110 valence electrons. The molecule has 0 saturated carbocycles. The van der Waals surface area contributed by atoms with Gasteiger partial charge in [-0.1, -0.05) is 31.5 Å². The SMILES string of the molecule is CC(C)CNC(CC(=O)Nc1cccc(Cl)c1)C(=O)O. The summed E-state index contributed by atoms with van der Waals surface area (Å²) in [5, 5.41) is 15.1. The number of hydrogen-bond donors (Lipinski definition) is 3. The molecule has 6 heteroatoms. The number of aliphatic carboxylic acids is 1. The molecule has 1 amide bonds. The first-order valence-corrected chi connectivity index (χ1v) is 6.78. The number of nitrogens with one attached hydrogen (secondary N) is 2. The summed E-state index contributed by atoms with van der Waals surface area (Å²) in [6, 6.07) is 5.82. The predicted molar refractivity (Wildman–Crippen MR) is 79.0 cm³/mol. The summed E-state index contributed by atoms with van der Waals surface area (Å²) in [5.74, 6) is -1.09. The van der Waals surface area contributed by atoms with Crippen LogP contribution in [-0.4, -0.2) is 29.6 Å². The third kappa shape index (κ3) is 6.04. The Morgan fingerprint density at radius 2 is 2.05 bits per heavy atom. The highest BCUT2D eigenvalue weighted by Crippen LogP contribution is 2.15. The first-order chi connectivity index (χ1) is 9.38. The molecule has 0 saturated heterocycles. The van der Waals surface area contributed by atoms with Crippen molar-refractivity contribution in [1.82, 2.24) is 5.32 Å². The molecule has 1 aromatic rings. The quantitative estimate of drug-likeness (QED) is 0.722. The van der Waals surface area contributed by atoms with Gasteiger partial charge in [0.05, 0.1) is 6.42 Å². The zero-order chi connectivity index (χ0) is 15.1. The van der Waals surface area contributed by atoms with Crippen molar-refractivity contribution in [1.29, 1.82) is 0 Å². The zero-order valence-corrected chi connectivity index (χ0v) is 12.3. The van der Waals surface area contributed by atoms with Crippen LogP contribution in [0.4, 0.5) is 5.69 Å². The number of carbonyl (C=O) groups excluding carboxylic acids is 1. The van der Waals surface area contributed by atoms with Crippen molar-refractivity contribution in [3.63, 3.8) is 0 Å². The van der Waals surface area contributed by atoms with E-state index in [0.717, 1.165) is 0 Å². The zero-order valence-electron chi connectivity index (χ0n) is 11.5. The summed E-state index contributed by atoms with van der Waals surface area (Å²) < 4.78 is 0. The minimum Gasteiger partial charge on any atom is -0.480 e. The standard InChI is InChI=1S/C14H19ClN2O3/c1-9(2)8-16-12(14(19)20)7-13(18)17-11-5-3-4-10(15)6-11/h3-6,9,12,16H,7-8H2,1-2H3,(H,17,18)(H,19,20). The van der Waals surface area contributed by atoms with Gasteiger partial charge in [0.15, 0.2) is 0 Å². The fourth-order valence-electron chi connectivity index (χ4n) is 1.59. The monoisotopic (exact) mass is 298 g/mol. The van der Waals surface area contributed by atoms with E-state index in [1.54, 1.807) is 24.3 Å². The number of rotatable bonds is 7. The summed E-state index contributed by atoms with van der Waals surface area (Å²) in [7, 11) is 0. The van der Waals surface area contributed by atoms with Gasteiger partial charge in [-0.05, 0) is 30.7 Å². The van der Waals surface area contributed by atoms with Gasteiger partial charge in [0, 0.05) is 10.7 Å². The lowest BCUT2D eigenvalue weighted by Gasteiger charge is -2.15. The van der Waals surface area contributed by atoms with E-state index in [9.17, 15) is 9.59 Å². The minimum atomic E-state index is -1.04. The summed E-state index contributed by atoms with van der Waals surface area (Å²) >= 11 is 5.81. The maximum atomic E-state index is 11.8. The molecule has 1 rings (SSSR count). The van der Waals surface area contributed by atoms with Crippen molar-refractivity contribution >= 4 is 29.2 Å². The van der Waals surface area contributed by atoms with Crippen LogP contribution in [0.2, 0.25) is 5.02 Å². The van der Waals surface area contributed by atoms with E-state index in [0.29, 0.717) is 23.2 Å². The average Bonchev–Trinajstić information content (AvgIpc) is 2.33. The summed E-state index contributed by atoms with van der Waals surface area (Å²) in [4.78, 5) is 22.9. The van der Waals surface area contributed by atoms with Crippen LogP contribution in [0.15, 0.2) is 24.3 Å². The molecular weight excluding hydrogens is 280 g/mol. The van der Waals surface area contributed by atoms with Gasteiger partial charge in [-0.15, -0.1) is 0 Å². The summed E-state index contributed by atoms with van der Waals surface area (Å²) in [5.41, 5.74) is 0.551. The third-order valence-electron chi connectivity index (χ3n) is 2.57. The van der Waals surface area contributed by atoms with Crippen molar-refractivity contribution in [2.24, 2.45) is 5.92 Å². The van der Waals surface area contributed by atoms with Crippen molar-refractivity contribution < 1.29 is 14.7 Å². The smallest absolute Gasteiger partial charge is 0.321 e. The van der Waals surface area contributed by atoms with Crippen LogP contribution in [0.3, 0.4) is 0 Å². The molecule has 0 fully saturated rings. The normalized spacial score (nSPS) is 12.2. The maximum Gasteiger partial charge on any atom is 0.321 e. The topological polar surface area (TPSA) is 78.4 Å². The van der Waals surface area contributed by atoms with Gasteiger partial charge >= 0.3 is 5.97 Å². The Morgan fingerprint density at radius 3 is 2.60 bits per heavy atom. The number of halogens is 1. The Bertz CT molecular complexity index is 477. The van der Waals surface area contributed by atoms with Crippen LogP contribution in [-0.2, 0) is 9.59 Å².